The van der Waals surface area contributed by atoms with Crippen LogP contribution in [-0.4, -0.2) is 40.0 Å². The zero-order valence-electron chi connectivity index (χ0n) is 17.5. The van der Waals surface area contributed by atoms with Gasteiger partial charge in [0.05, 0.1) is 12.2 Å². The van der Waals surface area contributed by atoms with Gasteiger partial charge in [-0.2, -0.15) is 0 Å². The highest BCUT2D eigenvalue weighted by molar-refractivity contribution is 7.90. The lowest BCUT2D eigenvalue weighted by molar-refractivity contribution is 0.123. The Hall–Kier alpha value is -3.20. The topological polar surface area (TPSA) is 92.5 Å². The van der Waals surface area contributed by atoms with E-state index in [1.165, 1.54) is 53.8 Å². The summed E-state index contributed by atoms with van der Waals surface area (Å²) in [5.74, 6) is -0.509. The predicted octanol–water partition coefficient (Wildman–Crippen LogP) is 4.45. The van der Waals surface area contributed by atoms with Gasteiger partial charge in [0.25, 0.3) is 10.0 Å². The molecule has 1 aromatic carbocycles. The molecule has 164 valence electrons. The number of hydrogen-bond acceptors (Lipinski definition) is 4. The van der Waals surface area contributed by atoms with Gasteiger partial charge >= 0.3 is 6.09 Å². The zero-order chi connectivity index (χ0) is 22.8. The maximum atomic E-state index is 13.9. The van der Waals surface area contributed by atoms with Crippen molar-refractivity contribution < 1.29 is 22.7 Å². The Bertz CT molecular complexity index is 1180. The maximum Gasteiger partial charge on any atom is 0.407 e. The molecular formula is C22H24FN3O4S. The van der Waals surface area contributed by atoms with Crippen molar-refractivity contribution in [3.05, 3.63) is 72.4 Å². The predicted molar refractivity (Wildman–Crippen MR) is 115 cm³/mol. The minimum atomic E-state index is -4.04. The molecule has 2 aromatic heterocycles. The molecule has 3 rings (SSSR count). The first-order chi connectivity index (χ1) is 14.5. The molecule has 2 heterocycles. The molecule has 31 heavy (non-hydrogen) atoms. The summed E-state index contributed by atoms with van der Waals surface area (Å²) in [5.41, 5.74) is 0.781. The van der Waals surface area contributed by atoms with Crippen LogP contribution >= 0.6 is 0 Å². The van der Waals surface area contributed by atoms with Crippen LogP contribution in [0.25, 0.3) is 11.3 Å². The van der Waals surface area contributed by atoms with Gasteiger partial charge in [0.2, 0.25) is 0 Å². The van der Waals surface area contributed by atoms with Crippen molar-refractivity contribution in [1.82, 2.24) is 13.9 Å². The van der Waals surface area contributed by atoms with Crippen LogP contribution in [0.2, 0.25) is 0 Å². The van der Waals surface area contributed by atoms with Gasteiger partial charge in [-0.05, 0) is 41.3 Å². The van der Waals surface area contributed by atoms with E-state index in [9.17, 15) is 22.7 Å². The van der Waals surface area contributed by atoms with E-state index in [-0.39, 0.29) is 29.1 Å². The summed E-state index contributed by atoms with van der Waals surface area (Å²) >= 11 is 0. The summed E-state index contributed by atoms with van der Waals surface area (Å²) in [6.07, 6.45) is 2.96. The number of halogens is 1. The van der Waals surface area contributed by atoms with Crippen LogP contribution in [0.1, 0.15) is 26.3 Å². The Morgan fingerprint density at radius 3 is 2.52 bits per heavy atom. The van der Waals surface area contributed by atoms with Crippen molar-refractivity contribution in [2.75, 3.05) is 6.54 Å². The summed E-state index contributed by atoms with van der Waals surface area (Å²) in [4.78, 5) is 16.8. The summed E-state index contributed by atoms with van der Waals surface area (Å²) in [7, 11) is -4.04. The Morgan fingerprint density at radius 1 is 1.19 bits per heavy atom. The number of nitrogens with zero attached hydrogens (tertiary/aromatic N) is 3. The lowest BCUT2D eigenvalue weighted by Crippen LogP contribution is -2.36. The van der Waals surface area contributed by atoms with Crippen molar-refractivity contribution in [1.29, 1.82) is 0 Å². The molecule has 0 aliphatic rings. The summed E-state index contributed by atoms with van der Waals surface area (Å²) in [6.45, 7) is 6.00. The van der Waals surface area contributed by atoms with E-state index in [2.05, 4.69) is 4.98 Å². The van der Waals surface area contributed by atoms with Gasteiger partial charge < -0.3 is 10.0 Å². The van der Waals surface area contributed by atoms with E-state index in [0.717, 1.165) is 3.97 Å². The van der Waals surface area contributed by atoms with Gasteiger partial charge in [-0.3, -0.25) is 4.98 Å². The van der Waals surface area contributed by atoms with Crippen LogP contribution in [0, 0.1) is 11.2 Å². The SMILES string of the molecule is CC(C)(C)CN(Cc1cc(-c2cccc(F)c2)n(S(=O)(=O)c2cccnc2)c1)C(=O)O. The Kier molecular flexibility index (Phi) is 6.17. The molecular weight excluding hydrogens is 421 g/mol. The zero-order valence-corrected chi connectivity index (χ0v) is 18.3. The Morgan fingerprint density at radius 2 is 1.94 bits per heavy atom. The van der Waals surface area contributed by atoms with Crippen LogP contribution in [-0.2, 0) is 16.6 Å². The fourth-order valence-electron chi connectivity index (χ4n) is 3.24. The molecule has 1 amide bonds. The van der Waals surface area contributed by atoms with E-state index in [4.69, 9.17) is 0 Å². The van der Waals surface area contributed by atoms with Gasteiger partial charge in [0.15, 0.2) is 0 Å². The fraction of sp³-hybridized carbons (Fsp3) is 0.273. The average Bonchev–Trinajstić information content (AvgIpc) is 3.12. The van der Waals surface area contributed by atoms with Crippen LogP contribution in [0.15, 0.2) is 66.0 Å². The second-order valence-electron chi connectivity index (χ2n) is 8.43. The van der Waals surface area contributed by atoms with Crippen molar-refractivity contribution >= 4 is 16.1 Å². The number of aromatic nitrogens is 2. The standard InChI is InChI=1S/C22H24FN3O4S/c1-22(2,3)15-25(21(27)28)13-16-10-20(17-6-4-7-18(23)11-17)26(14-16)31(29,30)19-8-5-9-24-12-19/h4-12,14H,13,15H2,1-3H3,(H,27,28). The molecule has 3 aromatic rings. The molecule has 0 aliphatic carbocycles. The highest BCUT2D eigenvalue weighted by atomic mass is 32.2. The van der Waals surface area contributed by atoms with Crippen molar-refractivity contribution in [2.24, 2.45) is 5.41 Å². The van der Waals surface area contributed by atoms with E-state index < -0.39 is 21.9 Å². The third-order valence-electron chi connectivity index (χ3n) is 4.46. The molecule has 0 atom stereocenters. The lowest BCUT2D eigenvalue weighted by Gasteiger charge is -2.27. The number of amides is 1. The smallest absolute Gasteiger partial charge is 0.407 e. The molecule has 0 unspecified atom stereocenters. The average molecular weight is 446 g/mol. The molecule has 1 N–H and O–H groups in total. The number of carboxylic acid groups (broad SMARTS) is 1. The highest BCUT2D eigenvalue weighted by Gasteiger charge is 2.25. The first kappa shape index (κ1) is 22.5. The molecule has 0 radical (unpaired) electrons. The van der Waals surface area contributed by atoms with Crippen molar-refractivity contribution in [3.8, 4) is 11.3 Å². The van der Waals surface area contributed by atoms with E-state index in [1.807, 2.05) is 20.8 Å². The number of rotatable bonds is 6. The molecule has 0 fully saturated rings. The first-order valence-electron chi connectivity index (χ1n) is 9.58. The normalized spacial score (nSPS) is 12.0. The van der Waals surface area contributed by atoms with Gasteiger partial charge in [-0.1, -0.05) is 32.9 Å². The molecule has 0 saturated carbocycles. The minimum absolute atomic E-state index is 0.00945. The molecule has 0 saturated heterocycles. The summed E-state index contributed by atoms with van der Waals surface area (Å²) < 4.78 is 41.5. The van der Waals surface area contributed by atoms with Crippen molar-refractivity contribution in [3.63, 3.8) is 0 Å². The van der Waals surface area contributed by atoms with Gasteiger partial charge in [0.1, 0.15) is 10.7 Å². The lowest BCUT2D eigenvalue weighted by atomic mass is 9.96. The molecule has 9 heteroatoms. The summed E-state index contributed by atoms with van der Waals surface area (Å²) in [6, 6.07) is 10.1. The van der Waals surface area contributed by atoms with Crippen LogP contribution < -0.4 is 0 Å². The second kappa shape index (κ2) is 8.50. The van der Waals surface area contributed by atoms with E-state index in [0.29, 0.717) is 11.1 Å². The second-order valence-corrected chi connectivity index (χ2v) is 10.2. The third-order valence-corrected chi connectivity index (χ3v) is 6.12. The minimum Gasteiger partial charge on any atom is -0.465 e. The number of carbonyl (C=O) groups is 1. The van der Waals surface area contributed by atoms with Crippen molar-refractivity contribution in [2.45, 2.75) is 32.2 Å². The van der Waals surface area contributed by atoms with Gasteiger partial charge in [0, 0.05) is 30.7 Å². The number of hydrogen-bond donors (Lipinski definition) is 1. The van der Waals surface area contributed by atoms with E-state index >= 15 is 0 Å². The molecule has 0 bridgehead atoms. The molecule has 0 aliphatic heterocycles. The molecule has 0 spiro atoms. The molecule has 7 nitrogen and oxygen atoms in total. The maximum absolute atomic E-state index is 13.9. The van der Waals surface area contributed by atoms with Gasteiger partial charge in [-0.25, -0.2) is 21.6 Å². The third kappa shape index (κ3) is 5.29. The van der Waals surface area contributed by atoms with Crippen LogP contribution in [0.4, 0.5) is 9.18 Å². The van der Waals surface area contributed by atoms with E-state index in [1.54, 1.807) is 12.1 Å². The first-order valence-corrected chi connectivity index (χ1v) is 11.0. The van der Waals surface area contributed by atoms with Crippen LogP contribution in [0.3, 0.4) is 0 Å². The number of benzene rings is 1. The quantitative estimate of drug-likeness (QED) is 0.605. The highest BCUT2D eigenvalue weighted by Crippen LogP contribution is 2.28. The monoisotopic (exact) mass is 445 g/mol. The van der Waals surface area contributed by atoms with Crippen LogP contribution in [0.5, 0.6) is 0 Å². The number of pyridine rings is 1. The fourth-order valence-corrected chi connectivity index (χ4v) is 4.60. The Labute approximate surface area is 180 Å². The Balaban J connectivity index is 2.12. The largest absolute Gasteiger partial charge is 0.465 e. The summed E-state index contributed by atoms with van der Waals surface area (Å²) in [5, 5.41) is 9.61. The van der Waals surface area contributed by atoms with Gasteiger partial charge in [-0.15, -0.1) is 0 Å².